The molecule has 3 heterocycles. The number of rotatable bonds is 6. The smallest absolute Gasteiger partial charge is 0.148 e. The van der Waals surface area contributed by atoms with Crippen LogP contribution in [0.2, 0.25) is 0 Å². The van der Waals surface area contributed by atoms with Gasteiger partial charge in [0.15, 0.2) is 0 Å². The molecule has 0 radical (unpaired) electrons. The molecule has 0 aliphatic heterocycles. The van der Waals surface area contributed by atoms with Crippen LogP contribution in [0.1, 0.15) is 41.9 Å². The van der Waals surface area contributed by atoms with Crippen LogP contribution >= 0.6 is 0 Å². The van der Waals surface area contributed by atoms with E-state index in [2.05, 4.69) is 123 Å². The maximum atomic E-state index is 4.13. The Hall–Kier alpha value is -4.49. The highest BCUT2D eigenvalue weighted by Crippen LogP contribution is 2.43. The van der Waals surface area contributed by atoms with Crippen molar-refractivity contribution in [1.29, 1.82) is 0 Å². The lowest BCUT2D eigenvalue weighted by Gasteiger charge is -2.43. The number of hydrogen-bond donors (Lipinski definition) is 2. The number of H-pyrrole nitrogens is 2. The van der Waals surface area contributed by atoms with Crippen LogP contribution in [-0.2, 0) is 18.5 Å². The van der Waals surface area contributed by atoms with Gasteiger partial charge in [0.2, 0.25) is 0 Å². The molecule has 2 N–H and O–H groups in total. The zero-order chi connectivity index (χ0) is 28.2. The van der Waals surface area contributed by atoms with E-state index in [9.17, 15) is 0 Å². The Morgan fingerprint density at radius 1 is 0.902 bits per heavy atom. The maximum Gasteiger partial charge on any atom is 0.148 e. The van der Waals surface area contributed by atoms with Gasteiger partial charge in [-0.2, -0.15) is 0 Å². The number of benzene rings is 3. The van der Waals surface area contributed by atoms with Crippen molar-refractivity contribution in [2.45, 2.75) is 44.7 Å². The van der Waals surface area contributed by atoms with Crippen LogP contribution in [0.5, 0.6) is 0 Å². The van der Waals surface area contributed by atoms with Gasteiger partial charge < -0.3 is 9.97 Å². The van der Waals surface area contributed by atoms with Crippen LogP contribution < -0.4 is 0 Å². The molecule has 0 fully saturated rings. The summed E-state index contributed by atoms with van der Waals surface area (Å²) >= 11 is 0. The van der Waals surface area contributed by atoms with Gasteiger partial charge in [0.25, 0.3) is 0 Å². The van der Waals surface area contributed by atoms with E-state index in [0.717, 1.165) is 38.1 Å². The second kappa shape index (κ2) is 11.6. The lowest BCUT2D eigenvalue weighted by molar-refractivity contribution is 0.138. The molecule has 208 valence electrons. The van der Waals surface area contributed by atoms with E-state index >= 15 is 0 Å². The molecule has 7 nitrogen and oxygen atoms in total. The highest BCUT2D eigenvalue weighted by atomic mass is 15.5. The molecule has 6 aromatic rings. The van der Waals surface area contributed by atoms with Crippen LogP contribution in [-0.4, -0.2) is 49.2 Å². The SMILES string of the molecule is Cc1nnnn1CCc1c(C2=CCC(c3ccccc3)(N(C)C)CC2)[nH]c2ccccc12.c1ccc2[nH]ccc2c1. The first-order valence-corrected chi connectivity index (χ1v) is 14.3. The molecule has 7 rings (SSSR count). The monoisotopic (exact) mass is 543 g/mol. The fraction of sp³-hybridized carbons (Fsp3) is 0.265. The summed E-state index contributed by atoms with van der Waals surface area (Å²) in [6.07, 6.45) is 8.42. The zero-order valence-corrected chi connectivity index (χ0v) is 24.0. The van der Waals surface area contributed by atoms with Crippen LogP contribution in [0, 0.1) is 6.92 Å². The minimum absolute atomic E-state index is 0.0421. The lowest BCUT2D eigenvalue weighted by atomic mass is 9.75. The fourth-order valence-electron chi connectivity index (χ4n) is 6.14. The van der Waals surface area contributed by atoms with Gasteiger partial charge in [-0.15, -0.1) is 5.10 Å². The molecule has 1 atom stereocenters. The van der Waals surface area contributed by atoms with Crippen molar-refractivity contribution >= 4 is 27.4 Å². The molecule has 0 spiro atoms. The Balaban J connectivity index is 0.000000283. The van der Waals surface area contributed by atoms with Gasteiger partial charge in [-0.1, -0.05) is 72.8 Å². The number of allylic oxidation sites excluding steroid dienone is 1. The standard InChI is InChI=1S/C26H30N6.C8H7N/c1-19-28-29-30-32(19)18-15-23-22-11-7-8-12-24(22)27-25(23)20-13-16-26(17-14-20,31(2)3)21-9-5-4-6-10-21;1-2-4-8-7(3-1)5-6-9-8/h4-13,27H,14-18H2,1-3H3;1-6,9H. The van der Waals surface area contributed by atoms with E-state index < -0.39 is 0 Å². The number of aromatic amines is 2. The van der Waals surface area contributed by atoms with E-state index in [1.54, 1.807) is 0 Å². The Kier molecular flexibility index (Phi) is 7.53. The Bertz CT molecular complexity index is 1740. The van der Waals surface area contributed by atoms with Crippen molar-refractivity contribution in [3.63, 3.8) is 0 Å². The zero-order valence-electron chi connectivity index (χ0n) is 24.0. The summed E-state index contributed by atoms with van der Waals surface area (Å²) in [7, 11) is 4.41. The molecule has 1 aliphatic carbocycles. The van der Waals surface area contributed by atoms with Gasteiger partial charge >= 0.3 is 0 Å². The summed E-state index contributed by atoms with van der Waals surface area (Å²) in [5, 5.41) is 14.5. The summed E-state index contributed by atoms with van der Waals surface area (Å²) in [6.45, 7) is 2.72. The normalized spacial score (nSPS) is 17.0. The number of fused-ring (bicyclic) bond motifs is 2. The minimum atomic E-state index is 0.0421. The van der Waals surface area contributed by atoms with Crippen LogP contribution in [0.25, 0.3) is 27.4 Å². The van der Waals surface area contributed by atoms with Crippen molar-refractivity contribution in [3.8, 4) is 0 Å². The van der Waals surface area contributed by atoms with Crippen molar-refractivity contribution in [2.24, 2.45) is 0 Å². The van der Waals surface area contributed by atoms with E-state index in [4.69, 9.17) is 0 Å². The minimum Gasteiger partial charge on any atom is -0.361 e. The Morgan fingerprint density at radius 2 is 1.66 bits per heavy atom. The van der Waals surface area contributed by atoms with Crippen LogP contribution in [0.4, 0.5) is 0 Å². The predicted octanol–water partition coefficient (Wildman–Crippen LogP) is 6.90. The average molecular weight is 544 g/mol. The molecule has 1 aliphatic rings. The number of aryl methyl sites for hydroxylation is 3. The summed E-state index contributed by atoms with van der Waals surface area (Å²) in [5.41, 5.74) is 7.89. The molecule has 3 aromatic carbocycles. The van der Waals surface area contributed by atoms with Crippen molar-refractivity contribution in [3.05, 3.63) is 120 Å². The highest BCUT2D eigenvalue weighted by molar-refractivity contribution is 5.89. The quantitative estimate of drug-likeness (QED) is 0.240. The number of tetrazole rings is 1. The van der Waals surface area contributed by atoms with E-state index in [0.29, 0.717) is 0 Å². The molecule has 1 unspecified atom stereocenters. The molecule has 7 heteroatoms. The first-order valence-electron chi connectivity index (χ1n) is 14.3. The number of aromatic nitrogens is 6. The summed E-state index contributed by atoms with van der Waals surface area (Å²) in [5.74, 6) is 0.849. The number of hydrogen-bond acceptors (Lipinski definition) is 4. The summed E-state index contributed by atoms with van der Waals surface area (Å²) in [6, 6.07) is 29.8. The van der Waals surface area contributed by atoms with Gasteiger partial charge in [0.1, 0.15) is 5.82 Å². The largest absolute Gasteiger partial charge is 0.361 e. The van der Waals surface area contributed by atoms with Gasteiger partial charge in [-0.05, 0) is 97.4 Å². The number of nitrogens with one attached hydrogen (secondary N) is 2. The Labute approximate surface area is 240 Å². The van der Waals surface area contributed by atoms with Crippen molar-refractivity contribution in [2.75, 3.05) is 14.1 Å². The number of nitrogens with zero attached hydrogens (tertiary/aromatic N) is 5. The molecule has 0 saturated heterocycles. The molecular weight excluding hydrogens is 506 g/mol. The van der Waals surface area contributed by atoms with Gasteiger partial charge in [0.05, 0.1) is 0 Å². The Morgan fingerprint density at radius 3 is 2.37 bits per heavy atom. The van der Waals surface area contributed by atoms with Crippen LogP contribution in [0.15, 0.2) is 97.2 Å². The molecule has 41 heavy (non-hydrogen) atoms. The third kappa shape index (κ3) is 5.33. The average Bonchev–Trinajstić information content (AvgIpc) is 3.75. The molecule has 0 bridgehead atoms. The van der Waals surface area contributed by atoms with Crippen molar-refractivity contribution < 1.29 is 0 Å². The van der Waals surface area contributed by atoms with E-state index in [-0.39, 0.29) is 5.54 Å². The molecular formula is C34H37N7. The second-order valence-electron chi connectivity index (χ2n) is 11.0. The van der Waals surface area contributed by atoms with E-state index in [1.165, 1.54) is 44.2 Å². The topological polar surface area (TPSA) is 78.4 Å². The fourth-order valence-corrected chi connectivity index (χ4v) is 6.14. The lowest BCUT2D eigenvalue weighted by Crippen LogP contribution is -2.42. The maximum absolute atomic E-state index is 4.13. The van der Waals surface area contributed by atoms with E-state index in [1.807, 2.05) is 29.9 Å². The first-order chi connectivity index (χ1) is 20.0. The highest BCUT2D eigenvalue weighted by Gasteiger charge is 2.36. The number of para-hydroxylation sites is 2. The third-order valence-electron chi connectivity index (χ3n) is 8.54. The molecule has 3 aromatic heterocycles. The first kappa shape index (κ1) is 26.7. The van der Waals surface area contributed by atoms with Gasteiger partial charge in [-0.25, -0.2) is 4.68 Å². The van der Waals surface area contributed by atoms with Crippen LogP contribution in [0.3, 0.4) is 0 Å². The summed E-state index contributed by atoms with van der Waals surface area (Å²) < 4.78 is 1.88. The molecule has 0 amide bonds. The second-order valence-corrected chi connectivity index (χ2v) is 11.0. The molecule has 0 saturated carbocycles. The predicted molar refractivity (Wildman–Crippen MR) is 166 cm³/mol. The van der Waals surface area contributed by atoms with Gasteiger partial charge in [0, 0.05) is 40.4 Å². The van der Waals surface area contributed by atoms with Gasteiger partial charge in [-0.3, -0.25) is 4.90 Å². The summed E-state index contributed by atoms with van der Waals surface area (Å²) in [4.78, 5) is 9.24. The third-order valence-corrected chi connectivity index (χ3v) is 8.54. The van der Waals surface area contributed by atoms with Crippen molar-refractivity contribution in [1.82, 2.24) is 35.1 Å².